The van der Waals surface area contributed by atoms with Crippen molar-refractivity contribution in [2.24, 2.45) is 0 Å². The Hall–Kier alpha value is -4.07. The van der Waals surface area contributed by atoms with Crippen molar-refractivity contribution in [1.29, 1.82) is 0 Å². The summed E-state index contributed by atoms with van der Waals surface area (Å²) >= 11 is 4.67. The van der Waals surface area contributed by atoms with Gasteiger partial charge in [0.1, 0.15) is 12.1 Å². The second kappa shape index (κ2) is 11.8. The fraction of sp³-hybridized carbons (Fsp3) is 0.0769. The van der Waals surface area contributed by atoms with Crippen LogP contribution < -0.4 is 20.7 Å². The highest BCUT2D eigenvalue weighted by Crippen LogP contribution is 2.27. The molecule has 1 amide bonds. The summed E-state index contributed by atoms with van der Waals surface area (Å²) in [5.41, 5.74) is 2.93. The van der Waals surface area contributed by atoms with Crippen LogP contribution in [0.25, 0.3) is 10.9 Å². The quantitative estimate of drug-likeness (QED) is 0.152. The number of sulfonamides is 1. The van der Waals surface area contributed by atoms with Crippen molar-refractivity contribution in [2.45, 2.75) is 11.3 Å². The zero-order chi connectivity index (χ0) is 27.2. The Bertz CT molecular complexity index is 1710. The van der Waals surface area contributed by atoms with Crippen LogP contribution in [0.3, 0.4) is 0 Å². The zero-order valence-corrected chi connectivity index (χ0v) is 23.5. The van der Waals surface area contributed by atoms with Crippen molar-refractivity contribution >= 4 is 82.1 Å². The zero-order valence-electron chi connectivity index (χ0n) is 20.3. The first-order valence-electron chi connectivity index (χ1n) is 11.7. The molecule has 0 saturated carbocycles. The number of thiazole rings is 1. The van der Waals surface area contributed by atoms with Crippen LogP contribution >= 0.6 is 27.3 Å². The molecule has 0 aliphatic heterocycles. The number of hydrogen-bond donors (Lipinski definition) is 4. The minimum atomic E-state index is -3.72. The van der Waals surface area contributed by atoms with Crippen molar-refractivity contribution in [3.8, 4) is 0 Å². The molecule has 2 aromatic heterocycles. The Labute approximate surface area is 237 Å². The third-order valence-electron chi connectivity index (χ3n) is 5.51. The topological polar surface area (TPSA) is 138 Å². The van der Waals surface area contributed by atoms with Gasteiger partial charge in [0.05, 0.1) is 10.4 Å². The first-order valence-corrected chi connectivity index (χ1v) is 14.8. The molecule has 39 heavy (non-hydrogen) atoms. The average molecular weight is 625 g/mol. The van der Waals surface area contributed by atoms with Crippen LogP contribution in [0.4, 0.5) is 28.0 Å². The van der Waals surface area contributed by atoms with E-state index in [0.29, 0.717) is 28.9 Å². The van der Waals surface area contributed by atoms with Gasteiger partial charge in [-0.05, 0) is 60.7 Å². The molecule has 5 rings (SSSR count). The monoisotopic (exact) mass is 623 g/mol. The predicted octanol–water partition coefficient (Wildman–Crippen LogP) is 5.83. The molecule has 5 aromatic rings. The van der Waals surface area contributed by atoms with Gasteiger partial charge in [0.25, 0.3) is 10.0 Å². The number of aromatic nitrogens is 3. The summed E-state index contributed by atoms with van der Waals surface area (Å²) in [6, 6.07) is 19.5. The second-order valence-electron chi connectivity index (χ2n) is 8.28. The first-order chi connectivity index (χ1) is 18.9. The van der Waals surface area contributed by atoms with Gasteiger partial charge in [-0.25, -0.2) is 23.4 Å². The number of amides is 1. The molecule has 0 fully saturated rings. The number of fused-ring (bicyclic) bond motifs is 1. The normalized spacial score (nSPS) is 11.2. The largest absolute Gasteiger partial charge is 0.385 e. The fourth-order valence-electron chi connectivity index (χ4n) is 3.68. The van der Waals surface area contributed by atoms with Crippen LogP contribution in [0.2, 0.25) is 0 Å². The summed E-state index contributed by atoms with van der Waals surface area (Å²) < 4.78 is 28.3. The summed E-state index contributed by atoms with van der Waals surface area (Å²) in [4.78, 5) is 25.3. The first kappa shape index (κ1) is 26.5. The van der Waals surface area contributed by atoms with E-state index in [4.69, 9.17) is 0 Å². The third kappa shape index (κ3) is 6.88. The molecule has 0 spiro atoms. The third-order valence-corrected chi connectivity index (χ3v) is 8.17. The number of hydrogen-bond acceptors (Lipinski definition) is 9. The lowest BCUT2D eigenvalue weighted by Crippen LogP contribution is -2.16. The fourth-order valence-corrected chi connectivity index (χ4v) is 5.87. The van der Waals surface area contributed by atoms with Crippen LogP contribution in [0.5, 0.6) is 0 Å². The Morgan fingerprint density at radius 2 is 1.74 bits per heavy atom. The van der Waals surface area contributed by atoms with Gasteiger partial charge in [-0.1, -0.05) is 22.0 Å². The van der Waals surface area contributed by atoms with Gasteiger partial charge in [0.15, 0.2) is 5.13 Å². The molecule has 2 heterocycles. The lowest BCUT2D eigenvalue weighted by molar-refractivity contribution is -0.115. The molecule has 0 aliphatic carbocycles. The lowest BCUT2D eigenvalue weighted by atomic mass is 10.2. The molecule has 0 saturated heterocycles. The highest BCUT2D eigenvalue weighted by Gasteiger charge is 2.15. The maximum atomic E-state index is 12.6. The summed E-state index contributed by atoms with van der Waals surface area (Å²) in [5.74, 6) is 0.454. The highest BCUT2D eigenvalue weighted by molar-refractivity contribution is 9.10. The van der Waals surface area contributed by atoms with Gasteiger partial charge < -0.3 is 16.0 Å². The SMILES string of the molecule is O=C(CCNc1ccc(S(=O)(=O)Nc2nccs2)cc1)Nc1ccc2ncnc(Nc3cccc(Br)c3)c2c1. The molecule has 0 unspecified atom stereocenters. The van der Waals surface area contributed by atoms with E-state index in [0.717, 1.165) is 21.1 Å². The number of carbonyl (C=O) groups is 1. The molecule has 4 N–H and O–H groups in total. The minimum Gasteiger partial charge on any atom is -0.385 e. The van der Waals surface area contributed by atoms with Crippen LogP contribution in [0, 0.1) is 0 Å². The Balaban J connectivity index is 1.17. The Morgan fingerprint density at radius 1 is 0.923 bits per heavy atom. The van der Waals surface area contributed by atoms with Crippen LogP contribution in [-0.4, -0.2) is 35.8 Å². The second-order valence-corrected chi connectivity index (χ2v) is 11.8. The molecule has 13 heteroatoms. The molecular formula is C26H22BrN7O3S2. The van der Waals surface area contributed by atoms with Crippen LogP contribution in [0.15, 0.2) is 94.0 Å². The molecule has 0 bridgehead atoms. The standard InChI is InChI=1S/C26H22BrN7O3S2/c27-17-2-1-3-19(14-17)33-25-22-15-20(6-9-23(22)30-16-31-25)32-24(35)10-11-28-18-4-7-21(8-5-18)39(36,37)34-26-29-12-13-38-26/h1-9,12-16,28H,10-11H2,(H,29,34)(H,32,35)(H,30,31,33). The van der Waals surface area contributed by atoms with Gasteiger partial charge >= 0.3 is 0 Å². The van der Waals surface area contributed by atoms with Crippen molar-refractivity contribution in [3.05, 3.63) is 89.1 Å². The van der Waals surface area contributed by atoms with E-state index in [-0.39, 0.29) is 17.2 Å². The van der Waals surface area contributed by atoms with Gasteiger partial charge in [-0.15, -0.1) is 11.3 Å². The van der Waals surface area contributed by atoms with Gasteiger partial charge in [0.2, 0.25) is 5.91 Å². The summed E-state index contributed by atoms with van der Waals surface area (Å²) in [7, 11) is -3.72. The van der Waals surface area contributed by atoms with E-state index in [9.17, 15) is 13.2 Å². The number of halogens is 1. The Kier molecular flexibility index (Phi) is 8.00. The molecule has 10 nitrogen and oxygen atoms in total. The molecule has 0 atom stereocenters. The molecule has 0 radical (unpaired) electrons. The van der Waals surface area contributed by atoms with Gasteiger partial charge in [-0.3, -0.25) is 9.52 Å². The van der Waals surface area contributed by atoms with Crippen LogP contribution in [0.1, 0.15) is 6.42 Å². The maximum Gasteiger partial charge on any atom is 0.263 e. The number of nitrogens with one attached hydrogen (secondary N) is 4. The summed E-state index contributed by atoms with van der Waals surface area (Å²) in [5, 5.41) is 12.1. The molecule has 3 aromatic carbocycles. The van der Waals surface area contributed by atoms with Gasteiger partial charge in [-0.2, -0.15) is 0 Å². The molecular weight excluding hydrogens is 602 g/mol. The van der Waals surface area contributed by atoms with E-state index in [2.05, 4.69) is 51.6 Å². The van der Waals surface area contributed by atoms with E-state index < -0.39 is 10.0 Å². The predicted molar refractivity (Wildman–Crippen MR) is 158 cm³/mol. The van der Waals surface area contributed by atoms with E-state index in [1.807, 2.05) is 36.4 Å². The number of rotatable bonds is 10. The average Bonchev–Trinajstić information content (AvgIpc) is 3.42. The number of benzene rings is 3. The van der Waals surface area contributed by atoms with Crippen molar-refractivity contribution in [3.63, 3.8) is 0 Å². The number of carbonyl (C=O) groups excluding carboxylic acids is 1. The summed E-state index contributed by atoms with van der Waals surface area (Å²) in [6.07, 6.45) is 3.23. The van der Waals surface area contributed by atoms with Crippen molar-refractivity contribution in [2.75, 3.05) is 27.2 Å². The Morgan fingerprint density at radius 3 is 2.51 bits per heavy atom. The molecule has 198 valence electrons. The van der Waals surface area contributed by atoms with Crippen LogP contribution in [-0.2, 0) is 14.8 Å². The van der Waals surface area contributed by atoms with E-state index in [1.54, 1.807) is 23.6 Å². The van der Waals surface area contributed by atoms with Crippen molar-refractivity contribution < 1.29 is 13.2 Å². The lowest BCUT2D eigenvalue weighted by Gasteiger charge is -2.11. The maximum absolute atomic E-state index is 12.6. The number of anilines is 5. The highest BCUT2D eigenvalue weighted by atomic mass is 79.9. The van der Waals surface area contributed by atoms with Gasteiger partial charge in [0, 0.05) is 51.5 Å². The van der Waals surface area contributed by atoms with E-state index in [1.165, 1.54) is 36.0 Å². The van der Waals surface area contributed by atoms with Crippen molar-refractivity contribution in [1.82, 2.24) is 15.0 Å². The molecule has 0 aliphatic rings. The number of nitrogens with zero attached hydrogens (tertiary/aromatic N) is 3. The smallest absolute Gasteiger partial charge is 0.263 e. The summed E-state index contributed by atoms with van der Waals surface area (Å²) in [6.45, 7) is 0.363. The minimum absolute atomic E-state index is 0.120. The van der Waals surface area contributed by atoms with E-state index >= 15 is 0 Å².